The molecule has 144 valence electrons. The first-order valence-corrected chi connectivity index (χ1v) is 10.00. The van der Waals surface area contributed by atoms with Gasteiger partial charge in [-0.3, -0.25) is 9.20 Å². The van der Waals surface area contributed by atoms with Gasteiger partial charge in [0, 0.05) is 34.9 Å². The van der Waals surface area contributed by atoms with Crippen LogP contribution >= 0.6 is 11.6 Å². The van der Waals surface area contributed by atoms with Crippen LogP contribution in [0.25, 0.3) is 17.0 Å². The van der Waals surface area contributed by atoms with E-state index >= 15 is 0 Å². The Kier molecular flexibility index (Phi) is 4.32. The fourth-order valence-electron chi connectivity index (χ4n) is 3.89. The number of fused-ring (bicyclic) bond motifs is 1. The zero-order valence-corrected chi connectivity index (χ0v) is 16.4. The highest BCUT2D eigenvalue weighted by atomic mass is 35.5. The van der Waals surface area contributed by atoms with E-state index in [-0.39, 0.29) is 5.91 Å². The lowest BCUT2D eigenvalue weighted by molar-refractivity contribution is -0.124. The van der Waals surface area contributed by atoms with Crippen molar-refractivity contribution < 1.29 is 4.79 Å². The molecule has 1 aliphatic rings. The maximum Gasteiger partial charge on any atom is 0.235 e. The molecule has 5 rings (SSSR count). The third kappa shape index (κ3) is 3.17. The molecule has 0 spiro atoms. The van der Waals surface area contributed by atoms with Crippen LogP contribution in [0.2, 0.25) is 5.02 Å². The Balaban J connectivity index is 1.36. The number of anilines is 1. The first kappa shape index (κ1) is 17.9. The molecule has 2 aromatic heterocycles. The summed E-state index contributed by atoms with van der Waals surface area (Å²) < 4.78 is 1.89. The average molecular weight is 403 g/mol. The lowest BCUT2D eigenvalue weighted by Gasteiger charge is -2.40. The molecule has 0 unspecified atom stereocenters. The van der Waals surface area contributed by atoms with E-state index in [0.717, 1.165) is 41.8 Å². The monoisotopic (exact) mass is 402 g/mol. The smallest absolute Gasteiger partial charge is 0.235 e. The molecule has 0 saturated heterocycles. The van der Waals surface area contributed by atoms with Gasteiger partial charge in [-0.15, -0.1) is 0 Å². The topological polar surface area (TPSA) is 59.3 Å². The molecule has 0 bridgehead atoms. The first-order chi connectivity index (χ1) is 14.1. The van der Waals surface area contributed by atoms with Crippen LogP contribution in [0.5, 0.6) is 0 Å². The molecule has 29 heavy (non-hydrogen) atoms. The van der Waals surface area contributed by atoms with Gasteiger partial charge in [0.15, 0.2) is 0 Å². The molecule has 0 aliphatic heterocycles. The summed E-state index contributed by atoms with van der Waals surface area (Å²) in [7, 11) is 0. The lowest BCUT2D eigenvalue weighted by atomic mass is 9.64. The Bertz CT molecular complexity index is 1140. The number of halogens is 1. The number of rotatable bonds is 4. The van der Waals surface area contributed by atoms with Crippen LogP contribution in [0.4, 0.5) is 5.69 Å². The minimum Gasteiger partial charge on any atom is -0.325 e. The van der Waals surface area contributed by atoms with Crippen molar-refractivity contribution in [1.82, 2.24) is 14.4 Å². The molecule has 1 fully saturated rings. The Hall–Kier alpha value is -3.18. The SMILES string of the molecule is O=C(Nc1ccc(-c2cn3cccnc3n2)cc1)C1(c2ccc(Cl)cc2)CCC1. The molecular formula is C23H19ClN4O. The van der Waals surface area contributed by atoms with E-state index in [1.807, 2.05) is 71.4 Å². The second-order valence-electron chi connectivity index (χ2n) is 7.43. The molecule has 1 aliphatic carbocycles. The average Bonchev–Trinajstić information content (AvgIpc) is 3.13. The van der Waals surface area contributed by atoms with Gasteiger partial charge in [-0.1, -0.05) is 42.3 Å². The minimum atomic E-state index is -0.462. The van der Waals surface area contributed by atoms with E-state index in [4.69, 9.17) is 11.6 Å². The maximum atomic E-state index is 13.1. The lowest BCUT2D eigenvalue weighted by Crippen LogP contribution is -2.45. The summed E-state index contributed by atoms with van der Waals surface area (Å²) in [5, 5.41) is 3.77. The van der Waals surface area contributed by atoms with E-state index in [9.17, 15) is 4.79 Å². The summed E-state index contributed by atoms with van der Waals surface area (Å²) in [4.78, 5) is 21.9. The third-order valence-corrected chi connectivity index (χ3v) is 5.96. The van der Waals surface area contributed by atoms with Gasteiger partial charge in [0.05, 0.1) is 11.1 Å². The number of hydrogen-bond donors (Lipinski definition) is 1. The summed E-state index contributed by atoms with van der Waals surface area (Å²) in [5.41, 5.74) is 3.17. The fourth-order valence-corrected chi connectivity index (χ4v) is 4.02. The van der Waals surface area contributed by atoms with E-state index in [1.165, 1.54) is 0 Å². The molecule has 1 N–H and O–H groups in total. The van der Waals surface area contributed by atoms with Gasteiger partial charge in [0.25, 0.3) is 0 Å². The molecule has 4 aromatic rings. The molecule has 2 aromatic carbocycles. The highest BCUT2D eigenvalue weighted by Gasteiger charge is 2.45. The molecule has 2 heterocycles. The Labute approximate surface area is 173 Å². The molecule has 1 saturated carbocycles. The number of nitrogens with one attached hydrogen (secondary N) is 1. The van der Waals surface area contributed by atoms with Gasteiger partial charge in [-0.05, 0) is 48.7 Å². The van der Waals surface area contributed by atoms with Gasteiger partial charge < -0.3 is 5.32 Å². The number of aromatic nitrogens is 3. The van der Waals surface area contributed by atoms with E-state index < -0.39 is 5.41 Å². The zero-order chi connectivity index (χ0) is 19.8. The third-order valence-electron chi connectivity index (χ3n) is 5.71. The standard InChI is InChI=1S/C23H19ClN4O/c24-18-7-5-17(6-8-18)23(11-1-12-23)21(29)26-19-9-3-16(4-10-19)20-15-28-14-2-13-25-22(28)27-20/h2-10,13-15H,1,11-12H2,(H,26,29). The highest BCUT2D eigenvalue weighted by Crippen LogP contribution is 2.45. The van der Waals surface area contributed by atoms with Gasteiger partial charge >= 0.3 is 0 Å². The van der Waals surface area contributed by atoms with Crippen molar-refractivity contribution in [2.24, 2.45) is 0 Å². The van der Waals surface area contributed by atoms with Crippen molar-refractivity contribution in [2.75, 3.05) is 5.32 Å². The number of benzene rings is 2. The van der Waals surface area contributed by atoms with Crippen LogP contribution in [-0.2, 0) is 10.2 Å². The van der Waals surface area contributed by atoms with E-state index in [1.54, 1.807) is 6.20 Å². The van der Waals surface area contributed by atoms with Crippen LogP contribution in [0.1, 0.15) is 24.8 Å². The zero-order valence-electron chi connectivity index (χ0n) is 15.7. The molecule has 0 atom stereocenters. The predicted molar refractivity (Wildman–Crippen MR) is 114 cm³/mol. The predicted octanol–water partition coefficient (Wildman–Crippen LogP) is 5.11. The highest BCUT2D eigenvalue weighted by molar-refractivity contribution is 6.30. The number of amides is 1. The number of imidazole rings is 1. The minimum absolute atomic E-state index is 0.0377. The largest absolute Gasteiger partial charge is 0.325 e. The van der Waals surface area contributed by atoms with Crippen molar-refractivity contribution in [2.45, 2.75) is 24.7 Å². The van der Waals surface area contributed by atoms with Gasteiger partial charge in [0.1, 0.15) is 0 Å². The second kappa shape index (κ2) is 7.01. The van der Waals surface area contributed by atoms with Crippen LogP contribution in [0.15, 0.2) is 73.2 Å². The first-order valence-electron chi connectivity index (χ1n) is 9.62. The Morgan fingerprint density at radius 1 is 1.07 bits per heavy atom. The number of carbonyl (C=O) groups is 1. The summed E-state index contributed by atoms with van der Waals surface area (Å²) in [6, 6.07) is 17.3. The van der Waals surface area contributed by atoms with Crippen LogP contribution < -0.4 is 5.32 Å². The summed E-state index contributed by atoms with van der Waals surface area (Å²) in [6.45, 7) is 0. The normalized spacial score (nSPS) is 15.1. The summed E-state index contributed by atoms with van der Waals surface area (Å²) in [6.07, 6.45) is 8.35. The number of carbonyl (C=O) groups excluding carboxylic acids is 1. The molecule has 1 amide bonds. The molecular weight excluding hydrogens is 384 g/mol. The number of hydrogen-bond acceptors (Lipinski definition) is 3. The van der Waals surface area contributed by atoms with Crippen molar-refractivity contribution >= 4 is 29.0 Å². The number of nitrogens with zero attached hydrogens (tertiary/aromatic N) is 3. The second-order valence-corrected chi connectivity index (χ2v) is 7.86. The van der Waals surface area contributed by atoms with Crippen molar-refractivity contribution in [3.05, 3.63) is 83.8 Å². The summed E-state index contributed by atoms with van der Waals surface area (Å²) >= 11 is 6.01. The van der Waals surface area contributed by atoms with Gasteiger partial charge in [-0.2, -0.15) is 0 Å². The molecule has 5 nitrogen and oxygen atoms in total. The summed E-state index contributed by atoms with van der Waals surface area (Å²) in [5.74, 6) is 0.700. The van der Waals surface area contributed by atoms with Crippen LogP contribution in [-0.4, -0.2) is 20.3 Å². The Morgan fingerprint density at radius 3 is 2.48 bits per heavy atom. The Morgan fingerprint density at radius 2 is 1.83 bits per heavy atom. The maximum absolute atomic E-state index is 13.1. The molecule has 6 heteroatoms. The quantitative estimate of drug-likeness (QED) is 0.516. The van der Waals surface area contributed by atoms with Crippen LogP contribution in [0, 0.1) is 0 Å². The van der Waals surface area contributed by atoms with Crippen molar-refractivity contribution in [3.63, 3.8) is 0 Å². The van der Waals surface area contributed by atoms with Gasteiger partial charge in [-0.25, -0.2) is 9.97 Å². The van der Waals surface area contributed by atoms with Gasteiger partial charge in [0.2, 0.25) is 11.7 Å². The van der Waals surface area contributed by atoms with Crippen molar-refractivity contribution in [3.8, 4) is 11.3 Å². The van der Waals surface area contributed by atoms with Crippen molar-refractivity contribution in [1.29, 1.82) is 0 Å². The van der Waals surface area contributed by atoms with Crippen LogP contribution in [0.3, 0.4) is 0 Å². The van der Waals surface area contributed by atoms with E-state index in [2.05, 4.69) is 15.3 Å². The molecule has 0 radical (unpaired) electrons. The van der Waals surface area contributed by atoms with E-state index in [0.29, 0.717) is 10.8 Å². The fraction of sp³-hybridized carbons (Fsp3) is 0.174.